The minimum atomic E-state index is -0.651. The highest BCUT2D eigenvalue weighted by atomic mass is 16.5. The number of esters is 1. The highest BCUT2D eigenvalue weighted by Gasteiger charge is 2.15. The van der Waals surface area contributed by atoms with Crippen molar-refractivity contribution in [2.24, 2.45) is 7.05 Å². The van der Waals surface area contributed by atoms with Crippen molar-refractivity contribution in [1.29, 1.82) is 0 Å². The van der Waals surface area contributed by atoms with Crippen LogP contribution in [-0.2, 0) is 21.4 Å². The first-order valence-electron chi connectivity index (χ1n) is 7.62. The van der Waals surface area contributed by atoms with Crippen molar-refractivity contribution in [2.45, 2.75) is 20.8 Å². The van der Waals surface area contributed by atoms with Crippen LogP contribution in [0.5, 0.6) is 0 Å². The van der Waals surface area contributed by atoms with E-state index in [1.165, 1.54) is 13.0 Å². The first-order valence-corrected chi connectivity index (χ1v) is 7.62. The molecule has 0 aliphatic heterocycles. The Bertz CT molecular complexity index is 826. The van der Waals surface area contributed by atoms with Crippen molar-refractivity contribution < 1.29 is 19.1 Å². The molecule has 8 heteroatoms. The lowest BCUT2D eigenvalue weighted by molar-refractivity contribution is -0.119. The van der Waals surface area contributed by atoms with E-state index in [1.54, 1.807) is 36.9 Å². The second-order valence-corrected chi connectivity index (χ2v) is 5.56. The van der Waals surface area contributed by atoms with E-state index in [2.05, 4.69) is 15.7 Å². The third kappa shape index (κ3) is 4.66. The van der Waals surface area contributed by atoms with Gasteiger partial charge in [-0.15, -0.1) is 0 Å². The van der Waals surface area contributed by atoms with Crippen molar-refractivity contribution in [1.82, 2.24) is 9.78 Å². The number of amides is 2. The van der Waals surface area contributed by atoms with Crippen molar-refractivity contribution >= 4 is 29.2 Å². The predicted molar refractivity (Wildman–Crippen MR) is 92.3 cm³/mol. The van der Waals surface area contributed by atoms with E-state index in [1.807, 2.05) is 6.92 Å². The summed E-state index contributed by atoms with van der Waals surface area (Å²) in [4.78, 5) is 35.1. The zero-order valence-electron chi connectivity index (χ0n) is 14.5. The van der Waals surface area contributed by atoms with Crippen LogP contribution >= 0.6 is 0 Å². The van der Waals surface area contributed by atoms with Gasteiger partial charge < -0.3 is 15.4 Å². The number of aryl methyl sites for hydroxylation is 2. The molecule has 8 nitrogen and oxygen atoms in total. The summed E-state index contributed by atoms with van der Waals surface area (Å²) in [6.45, 7) is 4.56. The minimum Gasteiger partial charge on any atom is -0.452 e. The number of nitrogens with one attached hydrogen (secondary N) is 2. The van der Waals surface area contributed by atoms with Gasteiger partial charge in [-0.05, 0) is 32.0 Å². The van der Waals surface area contributed by atoms with Gasteiger partial charge in [-0.25, -0.2) is 4.79 Å². The molecule has 2 N–H and O–H groups in total. The van der Waals surface area contributed by atoms with Gasteiger partial charge in [-0.2, -0.15) is 5.10 Å². The SMILES string of the molecule is CC(=O)Nc1cccc(C(=O)OCC(=O)Nc2c(C)nn(C)c2C)c1. The Morgan fingerprint density at radius 1 is 1.20 bits per heavy atom. The van der Waals surface area contributed by atoms with Gasteiger partial charge >= 0.3 is 5.97 Å². The van der Waals surface area contributed by atoms with Gasteiger partial charge in [0.2, 0.25) is 5.91 Å². The van der Waals surface area contributed by atoms with Gasteiger partial charge in [0.1, 0.15) is 0 Å². The summed E-state index contributed by atoms with van der Waals surface area (Å²) < 4.78 is 6.67. The smallest absolute Gasteiger partial charge is 0.338 e. The number of carbonyl (C=O) groups is 3. The largest absolute Gasteiger partial charge is 0.452 e. The quantitative estimate of drug-likeness (QED) is 0.805. The molecule has 0 saturated carbocycles. The van der Waals surface area contributed by atoms with Crippen LogP contribution in [0.3, 0.4) is 0 Å². The summed E-state index contributed by atoms with van der Waals surface area (Å²) in [6, 6.07) is 6.29. The second kappa shape index (κ2) is 7.61. The normalized spacial score (nSPS) is 10.2. The minimum absolute atomic E-state index is 0.243. The monoisotopic (exact) mass is 344 g/mol. The van der Waals surface area contributed by atoms with E-state index in [-0.39, 0.29) is 11.5 Å². The molecule has 0 aliphatic rings. The number of anilines is 2. The average Bonchev–Trinajstić information content (AvgIpc) is 2.78. The van der Waals surface area contributed by atoms with Crippen LogP contribution in [-0.4, -0.2) is 34.2 Å². The molecular formula is C17H20N4O4. The van der Waals surface area contributed by atoms with Crippen LogP contribution < -0.4 is 10.6 Å². The lowest BCUT2D eigenvalue weighted by Crippen LogP contribution is -2.21. The predicted octanol–water partition coefficient (Wildman–Crippen LogP) is 1.79. The van der Waals surface area contributed by atoms with Gasteiger partial charge in [0, 0.05) is 19.7 Å². The molecule has 0 saturated heterocycles. The Morgan fingerprint density at radius 3 is 2.52 bits per heavy atom. The number of aromatic nitrogens is 2. The van der Waals surface area contributed by atoms with Gasteiger partial charge in [0.05, 0.1) is 22.6 Å². The van der Waals surface area contributed by atoms with Crippen molar-refractivity contribution in [3.05, 3.63) is 41.2 Å². The second-order valence-electron chi connectivity index (χ2n) is 5.56. The molecule has 0 atom stereocenters. The van der Waals surface area contributed by atoms with Gasteiger partial charge in [0.15, 0.2) is 6.61 Å². The van der Waals surface area contributed by atoms with Crippen LogP contribution in [0.4, 0.5) is 11.4 Å². The van der Waals surface area contributed by atoms with E-state index in [4.69, 9.17) is 4.74 Å². The molecule has 2 amide bonds. The maximum atomic E-state index is 12.0. The van der Waals surface area contributed by atoms with Crippen molar-refractivity contribution in [2.75, 3.05) is 17.2 Å². The number of nitrogens with zero attached hydrogens (tertiary/aromatic N) is 2. The van der Waals surface area contributed by atoms with Crippen molar-refractivity contribution in [3.8, 4) is 0 Å². The fourth-order valence-corrected chi connectivity index (χ4v) is 2.27. The zero-order chi connectivity index (χ0) is 18.6. The van der Waals surface area contributed by atoms with Crippen LogP contribution in [0, 0.1) is 13.8 Å². The van der Waals surface area contributed by atoms with E-state index < -0.39 is 18.5 Å². The number of hydrogen-bond acceptors (Lipinski definition) is 5. The summed E-state index contributed by atoms with van der Waals surface area (Å²) >= 11 is 0. The average molecular weight is 344 g/mol. The third-order valence-electron chi connectivity index (χ3n) is 3.53. The Kier molecular flexibility index (Phi) is 5.53. The summed E-state index contributed by atoms with van der Waals surface area (Å²) in [5.41, 5.74) is 2.82. The number of ether oxygens (including phenoxy) is 1. The van der Waals surface area contributed by atoms with Crippen LogP contribution in [0.1, 0.15) is 28.7 Å². The molecule has 0 bridgehead atoms. The Balaban J connectivity index is 1.95. The van der Waals surface area contributed by atoms with Gasteiger partial charge in [-0.1, -0.05) is 6.07 Å². The molecular weight excluding hydrogens is 324 g/mol. The lowest BCUT2D eigenvalue weighted by Gasteiger charge is -2.08. The summed E-state index contributed by atoms with van der Waals surface area (Å²) in [7, 11) is 1.78. The van der Waals surface area contributed by atoms with E-state index in [0.29, 0.717) is 17.1 Å². The fraction of sp³-hybridized carbons (Fsp3) is 0.294. The number of hydrogen-bond donors (Lipinski definition) is 2. The maximum Gasteiger partial charge on any atom is 0.338 e. The van der Waals surface area contributed by atoms with Crippen LogP contribution in [0.25, 0.3) is 0 Å². The zero-order valence-corrected chi connectivity index (χ0v) is 14.5. The van der Waals surface area contributed by atoms with E-state index in [0.717, 1.165) is 5.69 Å². The molecule has 0 unspecified atom stereocenters. The summed E-state index contributed by atoms with van der Waals surface area (Å²) in [6.07, 6.45) is 0. The topological polar surface area (TPSA) is 102 Å². The Labute approximate surface area is 145 Å². The standard InChI is InChI=1S/C17H20N4O4/c1-10-16(11(2)21(4)20-10)19-15(23)9-25-17(24)13-6-5-7-14(8-13)18-12(3)22/h5-8H,9H2,1-4H3,(H,18,22)(H,19,23). The van der Waals surface area contributed by atoms with Gasteiger partial charge in [-0.3, -0.25) is 14.3 Å². The first-order chi connectivity index (χ1) is 11.8. The number of benzene rings is 1. The summed E-state index contributed by atoms with van der Waals surface area (Å²) in [5, 5.41) is 9.46. The lowest BCUT2D eigenvalue weighted by atomic mass is 10.2. The molecule has 1 aromatic carbocycles. The van der Waals surface area contributed by atoms with Crippen molar-refractivity contribution in [3.63, 3.8) is 0 Å². The summed E-state index contributed by atoms with van der Waals surface area (Å²) in [5.74, 6) is -1.35. The highest BCUT2D eigenvalue weighted by molar-refractivity contribution is 5.97. The molecule has 0 radical (unpaired) electrons. The molecule has 0 fully saturated rings. The molecule has 1 aromatic heterocycles. The Morgan fingerprint density at radius 2 is 1.92 bits per heavy atom. The third-order valence-corrected chi connectivity index (χ3v) is 3.53. The van der Waals surface area contributed by atoms with Gasteiger partial charge in [0.25, 0.3) is 5.91 Å². The van der Waals surface area contributed by atoms with Crippen LogP contribution in [0.2, 0.25) is 0 Å². The van der Waals surface area contributed by atoms with Crippen LogP contribution in [0.15, 0.2) is 24.3 Å². The van der Waals surface area contributed by atoms with E-state index in [9.17, 15) is 14.4 Å². The molecule has 132 valence electrons. The fourth-order valence-electron chi connectivity index (χ4n) is 2.27. The number of carbonyl (C=O) groups excluding carboxylic acids is 3. The first kappa shape index (κ1) is 18.2. The maximum absolute atomic E-state index is 12.0. The molecule has 2 rings (SSSR count). The number of rotatable bonds is 5. The molecule has 2 aromatic rings. The van der Waals surface area contributed by atoms with E-state index >= 15 is 0 Å². The molecule has 0 spiro atoms. The molecule has 25 heavy (non-hydrogen) atoms. The Hall–Kier alpha value is -3.16. The highest BCUT2D eigenvalue weighted by Crippen LogP contribution is 2.18. The molecule has 0 aliphatic carbocycles. The molecule has 1 heterocycles.